The van der Waals surface area contributed by atoms with Crippen molar-refractivity contribution in [3.63, 3.8) is 0 Å². The fraction of sp³-hybridized carbons (Fsp3) is 0.188. The summed E-state index contributed by atoms with van der Waals surface area (Å²) in [7, 11) is 0. The molecular formula is C16H15NO5. The summed E-state index contributed by atoms with van der Waals surface area (Å²) in [5.74, 6) is -2.59. The number of aromatic nitrogens is 1. The topological polar surface area (TPSA) is 96.6 Å². The molecule has 22 heavy (non-hydrogen) atoms. The predicted molar refractivity (Wildman–Crippen MR) is 80.1 cm³/mol. The number of nitrogens with zero attached hydrogens (tertiary/aromatic N) is 1. The predicted octanol–water partition coefficient (Wildman–Crippen LogP) is 1.86. The SMILES string of the molecule is CCc1ccc(-c2ccc(C(=O)O)c(=O)n2CC(=O)O)cc1. The maximum atomic E-state index is 12.2. The summed E-state index contributed by atoms with van der Waals surface area (Å²) in [6, 6.07) is 9.99. The van der Waals surface area contributed by atoms with Gasteiger partial charge in [0.15, 0.2) is 0 Å². The number of aromatic carboxylic acids is 1. The normalized spacial score (nSPS) is 10.4. The largest absolute Gasteiger partial charge is 0.480 e. The van der Waals surface area contributed by atoms with Gasteiger partial charge in [0.2, 0.25) is 0 Å². The zero-order valence-corrected chi connectivity index (χ0v) is 11.9. The number of carboxylic acids is 2. The smallest absolute Gasteiger partial charge is 0.341 e. The minimum absolute atomic E-state index is 0.375. The van der Waals surface area contributed by atoms with Crippen molar-refractivity contribution in [3.8, 4) is 11.3 Å². The van der Waals surface area contributed by atoms with Crippen LogP contribution in [0, 0.1) is 0 Å². The quantitative estimate of drug-likeness (QED) is 0.878. The summed E-state index contributed by atoms with van der Waals surface area (Å²) < 4.78 is 0.965. The number of rotatable bonds is 5. The first kappa shape index (κ1) is 15.5. The third-order valence-electron chi connectivity index (χ3n) is 3.36. The van der Waals surface area contributed by atoms with Crippen molar-refractivity contribution in [1.82, 2.24) is 4.57 Å². The first-order valence-electron chi connectivity index (χ1n) is 6.72. The number of carboxylic acid groups (broad SMARTS) is 2. The lowest BCUT2D eigenvalue weighted by Gasteiger charge is -2.12. The molecule has 0 saturated carbocycles. The molecule has 1 aromatic carbocycles. The molecule has 0 fully saturated rings. The Labute approximate surface area is 126 Å². The maximum Gasteiger partial charge on any atom is 0.341 e. The van der Waals surface area contributed by atoms with E-state index in [0.717, 1.165) is 16.6 Å². The average molecular weight is 301 g/mol. The summed E-state index contributed by atoms with van der Waals surface area (Å²) in [4.78, 5) is 34.2. The molecule has 0 amide bonds. The average Bonchev–Trinajstić information content (AvgIpc) is 2.48. The molecule has 6 nitrogen and oxygen atoms in total. The van der Waals surface area contributed by atoms with E-state index in [2.05, 4.69) is 0 Å². The molecule has 1 aromatic heterocycles. The second-order valence-corrected chi connectivity index (χ2v) is 4.77. The minimum atomic E-state index is -1.38. The van der Waals surface area contributed by atoms with Crippen molar-refractivity contribution in [3.05, 3.63) is 57.9 Å². The lowest BCUT2D eigenvalue weighted by Crippen LogP contribution is -2.30. The van der Waals surface area contributed by atoms with E-state index in [1.54, 1.807) is 12.1 Å². The highest BCUT2D eigenvalue weighted by molar-refractivity contribution is 5.87. The molecule has 0 aliphatic heterocycles. The van der Waals surface area contributed by atoms with Gasteiger partial charge in [-0.1, -0.05) is 31.2 Å². The number of benzene rings is 1. The van der Waals surface area contributed by atoms with E-state index in [4.69, 9.17) is 10.2 Å². The fourth-order valence-electron chi connectivity index (χ4n) is 2.20. The van der Waals surface area contributed by atoms with Crippen LogP contribution in [0.25, 0.3) is 11.3 Å². The number of aryl methyl sites for hydroxylation is 1. The highest BCUT2D eigenvalue weighted by atomic mass is 16.4. The van der Waals surface area contributed by atoms with Gasteiger partial charge < -0.3 is 10.2 Å². The van der Waals surface area contributed by atoms with Crippen LogP contribution in [0.4, 0.5) is 0 Å². The second-order valence-electron chi connectivity index (χ2n) is 4.77. The molecule has 0 atom stereocenters. The zero-order valence-electron chi connectivity index (χ0n) is 11.9. The zero-order chi connectivity index (χ0) is 16.3. The minimum Gasteiger partial charge on any atom is -0.480 e. The van der Waals surface area contributed by atoms with Gasteiger partial charge in [-0.3, -0.25) is 14.2 Å². The van der Waals surface area contributed by atoms with Gasteiger partial charge in [-0.2, -0.15) is 0 Å². The Hall–Kier alpha value is -2.89. The van der Waals surface area contributed by atoms with Crippen LogP contribution in [0.3, 0.4) is 0 Å². The van der Waals surface area contributed by atoms with E-state index in [0.29, 0.717) is 11.3 Å². The van der Waals surface area contributed by atoms with Crippen molar-refractivity contribution in [1.29, 1.82) is 0 Å². The van der Waals surface area contributed by atoms with Crippen molar-refractivity contribution < 1.29 is 19.8 Å². The first-order chi connectivity index (χ1) is 10.4. The van der Waals surface area contributed by atoms with Crippen LogP contribution >= 0.6 is 0 Å². The van der Waals surface area contributed by atoms with Gasteiger partial charge in [0, 0.05) is 0 Å². The van der Waals surface area contributed by atoms with Crippen molar-refractivity contribution in [2.24, 2.45) is 0 Å². The van der Waals surface area contributed by atoms with Gasteiger partial charge in [0.25, 0.3) is 5.56 Å². The fourth-order valence-corrected chi connectivity index (χ4v) is 2.20. The molecule has 0 bridgehead atoms. The molecule has 114 valence electrons. The first-order valence-corrected chi connectivity index (χ1v) is 6.72. The van der Waals surface area contributed by atoms with Gasteiger partial charge in [-0.05, 0) is 29.7 Å². The Bertz CT molecular complexity index is 774. The number of hydrogen-bond donors (Lipinski definition) is 2. The van der Waals surface area contributed by atoms with Crippen LogP contribution in [0.15, 0.2) is 41.2 Å². The Morgan fingerprint density at radius 2 is 1.68 bits per heavy atom. The Morgan fingerprint density at radius 1 is 1.05 bits per heavy atom. The molecule has 0 saturated heterocycles. The van der Waals surface area contributed by atoms with Gasteiger partial charge in [-0.25, -0.2) is 4.79 Å². The summed E-state index contributed by atoms with van der Waals surface area (Å²) in [5.41, 5.74) is 0.868. The van der Waals surface area contributed by atoms with Crippen LogP contribution in [0.2, 0.25) is 0 Å². The highest BCUT2D eigenvalue weighted by Crippen LogP contribution is 2.19. The second kappa shape index (κ2) is 6.26. The summed E-state index contributed by atoms with van der Waals surface area (Å²) in [6.07, 6.45) is 0.861. The molecule has 1 heterocycles. The molecule has 0 unspecified atom stereocenters. The van der Waals surface area contributed by atoms with Crippen molar-refractivity contribution in [2.75, 3.05) is 0 Å². The van der Waals surface area contributed by atoms with Crippen LogP contribution in [-0.4, -0.2) is 26.7 Å². The van der Waals surface area contributed by atoms with Crippen LogP contribution in [-0.2, 0) is 17.8 Å². The summed E-state index contributed by atoms with van der Waals surface area (Å²) >= 11 is 0. The highest BCUT2D eigenvalue weighted by Gasteiger charge is 2.16. The molecule has 0 spiro atoms. The van der Waals surface area contributed by atoms with E-state index in [1.165, 1.54) is 12.1 Å². The van der Waals surface area contributed by atoms with E-state index < -0.39 is 29.6 Å². The molecule has 6 heteroatoms. The van der Waals surface area contributed by atoms with Crippen LogP contribution in [0.1, 0.15) is 22.8 Å². The van der Waals surface area contributed by atoms with Crippen molar-refractivity contribution in [2.45, 2.75) is 19.9 Å². The number of carbonyl (C=O) groups is 2. The monoisotopic (exact) mass is 301 g/mol. The van der Waals surface area contributed by atoms with E-state index in [-0.39, 0.29) is 0 Å². The lowest BCUT2D eigenvalue weighted by molar-refractivity contribution is -0.137. The third kappa shape index (κ3) is 3.06. The summed E-state index contributed by atoms with van der Waals surface area (Å²) in [6.45, 7) is 1.42. The molecule has 0 aliphatic carbocycles. The van der Waals surface area contributed by atoms with E-state index in [1.807, 2.05) is 19.1 Å². The van der Waals surface area contributed by atoms with Gasteiger partial charge in [0.1, 0.15) is 12.1 Å². The third-order valence-corrected chi connectivity index (χ3v) is 3.36. The molecule has 2 N–H and O–H groups in total. The van der Waals surface area contributed by atoms with Gasteiger partial charge in [-0.15, -0.1) is 0 Å². The maximum absolute atomic E-state index is 12.2. The molecule has 2 aromatic rings. The van der Waals surface area contributed by atoms with Gasteiger partial charge >= 0.3 is 11.9 Å². The number of pyridine rings is 1. The molecule has 2 rings (SSSR count). The van der Waals surface area contributed by atoms with Crippen LogP contribution < -0.4 is 5.56 Å². The Kier molecular flexibility index (Phi) is 4.41. The lowest BCUT2D eigenvalue weighted by atomic mass is 10.1. The van der Waals surface area contributed by atoms with Crippen molar-refractivity contribution >= 4 is 11.9 Å². The number of hydrogen-bond acceptors (Lipinski definition) is 3. The van der Waals surface area contributed by atoms with E-state index in [9.17, 15) is 14.4 Å². The standard InChI is InChI=1S/C16H15NO5/c1-2-10-3-5-11(6-4-10)13-8-7-12(16(21)22)15(20)17(13)9-14(18)19/h3-8H,2,9H2,1H3,(H,18,19)(H,21,22). The van der Waals surface area contributed by atoms with Crippen LogP contribution in [0.5, 0.6) is 0 Å². The number of aliphatic carboxylic acids is 1. The van der Waals surface area contributed by atoms with Gasteiger partial charge in [0.05, 0.1) is 5.69 Å². The van der Waals surface area contributed by atoms with E-state index >= 15 is 0 Å². The Balaban J connectivity index is 2.63. The summed E-state index contributed by atoms with van der Waals surface area (Å²) in [5, 5.41) is 18.0. The molecule has 0 aliphatic rings. The molecule has 0 radical (unpaired) electrons. The molecular weight excluding hydrogens is 286 g/mol. The Morgan fingerprint density at radius 3 is 2.18 bits per heavy atom.